The SMILES string of the molecule is C[C@H](O)[C@@H](NC(=O)C1=C[C@H]2OC3(Cc4ccccc4C3)O[C@H]2[C@H](OC(=O)c2ccccc2C=C2CCC3O[C@]3(C)CC[C@@H]3[C@@H]2CC3(C)C)C1)C(=O)NCCO. The van der Waals surface area contributed by atoms with E-state index >= 15 is 0 Å². The number of amides is 2. The highest BCUT2D eigenvalue weighted by Gasteiger charge is 2.57. The number of benzene rings is 2. The zero-order valence-electron chi connectivity index (χ0n) is 32.2. The van der Waals surface area contributed by atoms with E-state index in [2.05, 4.69) is 49.6 Å². The zero-order chi connectivity index (χ0) is 38.7. The Balaban J connectivity index is 1.06. The molecule has 4 N–H and O–H groups in total. The molecular formula is C44H54N2O9. The lowest BCUT2D eigenvalue weighted by atomic mass is 9.52. The van der Waals surface area contributed by atoms with Crippen molar-refractivity contribution in [3.8, 4) is 0 Å². The fraction of sp³-hybridized carbons (Fsp3) is 0.568. The van der Waals surface area contributed by atoms with Crippen LogP contribution >= 0.6 is 0 Å². The molecule has 2 saturated carbocycles. The minimum absolute atomic E-state index is 0.0121. The summed E-state index contributed by atoms with van der Waals surface area (Å²) in [5.41, 5.74) is 5.31. The number of fused-ring (bicyclic) bond motifs is 4. The number of carbonyl (C=O) groups excluding carboxylic acids is 3. The Kier molecular flexibility index (Phi) is 10.1. The van der Waals surface area contributed by atoms with E-state index in [0.717, 1.165) is 48.8 Å². The Morgan fingerprint density at radius 1 is 1.00 bits per heavy atom. The van der Waals surface area contributed by atoms with E-state index in [0.29, 0.717) is 30.2 Å². The molecule has 8 rings (SSSR count). The summed E-state index contributed by atoms with van der Waals surface area (Å²) in [5.74, 6) is -1.71. The molecule has 2 heterocycles. The third-order valence-electron chi connectivity index (χ3n) is 13.1. The van der Waals surface area contributed by atoms with E-state index < -0.39 is 54.0 Å². The third-order valence-corrected chi connectivity index (χ3v) is 13.1. The second kappa shape index (κ2) is 14.6. The largest absolute Gasteiger partial charge is 0.456 e. The Morgan fingerprint density at radius 2 is 1.73 bits per heavy atom. The van der Waals surface area contributed by atoms with Crippen LogP contribution in [-0.2, 0) is 41.4 Å². The molecule has 2 aromatic rings. The first-order valence-corrected chi connectivity index (χ1v) is 20.0. The maximum atomic E-state index is 14.3. The van der Waals surface area contributed by atoms with Crippen LogP contribution in [0.1, 0.15) is 93.3 Å². The van der Waals surface area contributed by atoms with Crippen molar-refractivity contribution in [3.63, 3.8) is 0 Å². The lowest BCUT2D eigenvalue weighted by Crippen LogP contribution is -2.54. The molecule has 1 spiro atoms. The molecule has 294 valence electrons. The van der Waals surface area contributed by atoms with E-state index in [1.807, 2.05) is 30.3 Å². The number of aliphatic hydroxyl groups is 2. The van der Waals surface area contributed by atoms with Gasteiger partial charge in [0.05, 0.1) is 30.0 Å². The molecule has 11 nitrogen and oxygen atoms in total. The number of epoxide rings is 1. The Bertz CT molecular complexity index is 1880. The van der Waals surface area contributed by atoms with Crippen molar-refractivity contribution in [1.82, 2.24) is 10.6 Å². The minimum Gasteiger partial charge on any atom is -0.456 e. The van der Waals surface area contributed by atoms with Gasteiger partial charge in [0.2, 0.25) is 11.8 Å². The number of ether oxygens (including phenoxy) is 4. The van der Waals surface area contributed by atoms with E-state index in [9.17, 15) is 24.6 Å². The number of hydrogen-bond acceptors (Lipinski definition) is 9. The number of hydrogen-bond donors (Lipinski definition) is 4. The number of rotatable bonds is 9. The Labute approximate surface area is 322 Å². The summed E-state index contributed by atoms with van der Waals surface area (Å²) in [4.78, 5) is 40.9. The molecule has 0 bridgehead atoms. The van der Waals surface area contributed by atoms with Gasteiger partial charge in [-0.1, -0.05) is 68.0 Å². The van der Waals surface area contributed by atoms with E-state index in [4.69, 9.17) is 18.9 Å². The van der Waals surface area contributed by atoms with Crippen LogP contribution in [0.3, 0.4) is 0 Å². The molecule has 11 heteroatoms. The van der Waals surface area contributed by atoms with Gasteiger partial charge in [-0.2, -0.15) is 0 Å². The molecule has 2 amide bonds. The predicted molar refractivity (Wildman–Crippen MR) is 203 cm³/mol. The molecular weight excluding hydrogens is 700 g/mol. The van der Waals surface area contributed by atoms with Crippen molar-refractivity contribution in [1.29, 1.82) is 0 Å². The average Bonchev–Trinajstić information content (AvgIpc) is 3.44. The lowest BCUT2D eigenvalue weighted by Gasteiger charge is -2.53. The molecule has 55 heavy (non-hydrogen) atoms. The molecule has 0 radical (unpaired) electrons. The standard InChI is InChI=1S/C44H54N2O9/c1-25(48)37(40(50)45-17-18-47)46-39(49)30-20-34(38-35(21-30)53-44(55-38)22-28-10-5-6-11-29(28)23-44)52-41(51)31-12-8-7-9-26(31)19-27-13-14-36-43(4,54-36)16-15-33-32(27)24-42(33,2)3/h5-12,19,21,25,32-38,47-48H,13-18,20,22-24H2,1-4H3,(H,45,50)(H,46,49)/t25-,32+,33+,34+,35+,36?,37+,38-,43+/m0/s1. The van der Waals surface area contributed by atoms with Crippen LogP contribution in [0.15, 0.2) is 65.8 Å². The molecule has 2 aliphatic heterocycles. The Morgan fingerprint density at radius 3 is 2.44 bits per heavy atom. The summed E-state index contributed by atoms with van der Waals surface area (Å²) in [6.45, 7) is 8.06. The molecule has 4 fully saturated rings. The number of carbonyl (C=O) groups is 3. The summed E-state index contributed by atoms with van der Waals surface area (Å²) in [5, 5.41) is 24.7. The molecule has 9 atom stereocenters. The van der Waals surface area contributed by atoms with E-state index in [1.54, 1.807) is 12.1 Å². The summed E-state index contributed by atoms with van der Waals surface area (Å²) in [7, 11) is 0. The number of allylic oxidation sites excluding steroid dienone is 1. The van der Waals surface area contributed by atoms with Crippen molar-refractivity contribution in [2.45, 2.75) is 127 Å². The smallest absolute Gasteiger partial charge is 0.339 e. The second-order valence-electron chi connectivity index (χ2n) is 17.5. The zero-order valence-corrected chi connectivity index (χ0v) is 32.2. The van der Waals surface area contributed by atoms with Crippen molar-refractivity contribution in [2.24, 2.45) is 17.3 Å². The van der Waals surface area contributed by atoms with Gasteiger partial charge < -0.3 is 39.8 Å². The summed E-state index contributed by atoms with van der Waals surface area (Å²) < 4.78 is 25.9. The second-order valence-corrected chi connectivity index (χ2v) is 17.5. The number of aliphatic hydroxyl groups excluding tert-OH is 2. The normalized spacial score (nSPS) is 32.8. The highest BCUT2D eigenvalue weighted by atomic mass is 16.8. The van der Waals surface area contributed by atoms with Crippen molar-refractivity contribution in [2.75, 3.05) is 13.2 Å². The van der Waals surface area contributed by atoms with Gasteiger partial charge in [0.25, 0.3) is 0 Å². The molecule has 6 aliphatic rings. The molecule has 0 aromatic heterocycles. The topological polar surface area (TPSA) is 156 Å². The van der Waals surface area contributed by atoms with Gasteiger partial charge in [-0.05, 0) is 92.0 Å². The van der Waals surface area contributed by atoms with Gasteiger partial charge in [0.1, 0.15) is 24.4 Å². The summed E-state index contributed by atoms with van der Waals surface area (Å²) in [6, 6.07) is 14.3. The maximum absolute atomic E-state index is 14.3. The fourth-order valence-corrected chi connectivity index (χ4v) is 10.0. The highest BCUT2D eigenvalue weighted by molar-refractivity contribution is 5.98. The van der Waals surface area contributed by atoms with Crippen LogP contribution in [-0.4, -0.2) is 89.1 Å². The molecule has 1 unspecified atom stereocenters. The van der Waals surface area contributed by atoms with Gasteiger partial charge in [-0.3, -0.25) is 9.59 Å². The third kappa shape index (κ3) is 7.42. The molecule has 4 aliphatic carbocycles. The van der Waals surface area contributed by atoms with Gasteiger partial charge in [0, 0.05) is 31.4 Å². The van der Waals surface area contributed by atoms with Crippen LogP contribution in [0, 0.1) is 17.3 Å². The number of nitrogens with one attached hydrogen (secondary N) is 2. The van der Waals surface area contributed by atoms with Crippen LogP contribution in [0.2, 0.25) is 0 Å². The summed E-state index contributed by atoms with van der Waals surface area (Å²) in [6.07, 6.45) is 6.91. The van der Waals surface area contributed by atoms with E-state index in [-0.39, 0.29) is 42.3 Å². The average molecular weight is 755 g/mol. The van der Waals surface area contributed by atoms with Crippen LogP contribution in [0.4, 0.5) is 0 Å². The van der Waals surface area contributed by atoms with Crippen LogP contribution < -0.4 is 10.6 Å². The minimum atomic E-state index is -1.27. The lowest BCUT2D eigenvalue weighted by molar-refractivity contribution is -0.172. The van der Waals surface area contributed by atoms with Gasteiger partial charge in [-0.25, -0.2) is 4.79 Å². The van der Waals surface area contributed by atoms with Crippen LogP contribution in [0.25, 0.3) is 6.08 Å². The van der Waals surface area contributed by atoms with Gasteiger partial charge >= 0.3 is 5.97 Å². The van der Waals surface area contributed by atoms with Crippen LogP contribution in [0.5, 0.6) is 0 Å². The van der Waals surface area contributed by atoms with E-state index in [1.165, 1.54) is 12.5 Å². The molecule has 2 saturated heterocycles. The fourth-order valence-electron chi connectivity index (χ4n) is 10.0. The van der Waals surface area contributed by atoms with Gasteiger partial charge in [-0.15, -0.1) is 0 Å². The molecule has 2 aromatic carbocycles. The monoisotopic (exact) mass is 754 g/mol. The first-order valence-electron chi connectivity index (χ1n) is 20.0. The van der Waals surface area contributed by atoms with Crippen molar-refractivity contribution >= 4 is 23.9 Å². The summed E-state index contributed by atoms with van der Waals surface area (Å²) >= 11 is 0. The van der Waals surface area contributed by atoms with Crippen molar-refractivity contribution < 1.29 is 43.5 Å². The highest BCUT2D eigenvalue weighted by Crippen LogP contribution is 2.60. The predicted octanol–water partition coefficient (Wildman–Crippen LogP) is 4.57. The first-order chi connectivity index (χ1) is 26.3. The quantitative estimate of drug-likeness (QED) is 0.213. The maximum Gasteiger partial charge on any atom is 0.339 e. The van der Waals surface area contributed by atoms with Gasteiger partial charge in [0.15, 0.2) is 5.79 Å². The van der Waals surface area contributed by atoms with Crippen molar-refractivity contribution in [3.05, 3.63) is 88.0 Å². The Hall–Kier alpha value is -3.87. The number of esters is 1. The first kappa shape index (κ1) is 38.0.